The van der Waals surface area contributed by atoms with Crippen LogP contribution in [0.25, 0.3) is 10.8 Å². The van der Waals surface area contributed by atoms with Crippen molar-refractivity contribution >= 4 is 34.2 Å². The standard InChI is InChI=1S/C34H41N7O3/c1-2-23-8-3-9-24-10-4-11-27(28(23)24)39-19-12-25-26(20-39)35-32(44-22-33-13-5-17-41(33)18-6-14-33)36-29(25)40-16-7-15-34(21-40)30(42)37-31(43)38-34/h3-4,8-11H,2,5-7,12-22H2,1H3,(H2,37,38,42,43). The maximum Gasteiger partial charge on any atom is 0.322 e. The summed E-state index contributed by atoms with van der Waals surface area (Å²) in [6, 6.07) is 13.1. The third-order valence-corrected chi connectivity index (χ3v) is 10.8. The number of aromatic nitrogens is 2. The first-order valence-corrected chi connectivity index (χ1v) is 16.4. The Morgan fingerprint density at radius 2 is 1.73 bits per heavy atom. The minimum Gasteiger partial charge on any atom is -0.461 e. The predicted molar refractivity (Wildman–Crippen MR) is 169 cm³/mol. The number of imide groups is 1. The molecule has 3 aromatic rings. The van der Waals surface area contributed by atoms with Gasteiger partial charge in [0.1, 0.15) is 18.0 Å². The molecule has 5 aliphatic heterocycles. The summed E-state index contributed by atoms with van der Waals surface area (Å²) in [4.78, 5) is 42.4. The molecule has 44 heavy (non-hydrogen) atoms. The lowest BCUT2D eigenvalue weighted by Gasteiger charge is -2.40. The number of piperidine rings is 1. The first-order valence-electron chi connectivity index (χ1n) is 16.4. The highest BCUT2D eigenvalue weighted by Gasteiger charge is 2.49. The van der Waals surface area contributed by atoms with Gasteiger partial charge in [-0.05, 0) is 81.5 Å². The molecule has 230 valence electrons. The SMILES string of the molecule is CCc1cccc2cccc(N3CCc4c(nc(OCC56CCCN5CCC6)nc4N4CCCC5(C4)NC(=O)NC5=O)C3)c12. The van der Waals surface area contributed by atoms with Crippen molar-refractivity contribution in [2.24, 2.45) is 0 Å². The molecule has 1 spiro atoms. The summed E-state index contributed by atoms with van der Waals surface area (Å²) in [5.74, 6) is 0.596. The minimum atomic E-state index is -0.929. The number of carbonyl (C=O) groups is 2. The molecule has 1 aromatic heterocycles. The Hall–Kier alpha value is -3.92. The molecule has 3 amide bonds. The highest BCUT2D eigenvalue weighted by atomic mass is 16.5. The Labute approximate surface area is 258 Å². The summed E-state index contributed by atoms with van der Waals surface area (Å²) < 4.78 is 6.54. The van der Waals surface area contributed by atoms with Crippen LogP contribution in [0.1, 0.15) is 62.3 Å². The van der Waals surface area contributed by atoms with Crippen molar-refractivity contribution in [3.8, 4) is 6.01 Å². The van der Waals surface area contributed by atoms with Crippen LogP contribution in [0.2, 0.25) is 0 Å². The molecule has 2 N–H and O–H groups in total. The largest absolute Gasteiger partial charge is 0.461 e. The first-order chi connectivity index (χ1) is 21.5. The van der Waals surface area contributed by atoms with Gasteiger partial charge in [0.25, 0.3) is 5.91 Å². The Balaban J connectivity index is 1.16. The lowest BCUT2D eigenvalue weighted by Crippen LogP contribution is -2.59. The van der Waals surface area contributed by atoms with Crippen LogP contribution in [0.15, 0.2) is 36.4 Å². The Morgan fingerprint density at radius 3 is 2.50 bits per heavy atom. The number of amides is 3. The van der Waals surface area contributed by atoms with Crippen LogP contribution in [0.4, 0.5) is 16.3 Å². The number of ether oxygens (including phenoxy) is 1. The number of hydrogen-bond donors (Lipinski definition) is 2. The molecular weight excluding hydrogens is 554 g/mol. The smallest absolute Gasteiger partial charge is 0.322 e. The molecule has 6 heterocycles. The van der Waals surface area contributed by atoms with E-state index < -0.39 is 11.6 Å². The highest BCUT2D eigenvalue weighted by molar-refractivity contribution is 6.07. The van der Waals surface area contributed by atoms with Crippen molar-refractivity contribution < 1.29 is 14.3 Å². The Kier molecular flexibility index (Phi) is 6.66. The molecule has 0 aliphatic carbocycles. The van der Waals surface area contributed by atoms with Gasteiger partial charge in [-0.3, -0.25) is 15.0 Å². The van der Waals surface area contributed by atoms with Crippen molar-refractivity contribution in [2.75, 3.05) is 49.1 Å². The van der Waals surface area contributed by atoms with Crippen LogP contribution < -0.4 is 25.2 Å². The summed E-state index contributed by atoms with van der Waals surface area (Å²) >= 11 is 0. The third kappa shape index (κ3) is 4.48. The Bertz CT molecular complexity index is 1630. The maximum absolute atomic E-state index is 12.9. The topological polar surface area (TPSA) is 103 Å². The molecule has 1 unspecified atom stereocenters. The first kappa shape index (κ1) is 27.6. The number of fused-ring (bicyclic) bond motifs is 3. The number of carbonyl (C=O) groups excluding carboxylic acids is 2. The van der Waals surface area contributed by atoms with Gasteiger partial charge < -0.3 is 19.9 Å². The van der Waals surface area contributed by atoms with Crippen LogP contribution >= 0.6 is 0 Å². The van der Waals surface area contributed by atoms with Crippen molar-refractivity contribution in [1.82, 2.24) is 25.5 Å². The van der Waals surface area contributed by atoms with Gasteiger partial charge in [-0.1, -0.05) is 37.3 Å². The number of rotatable bonds is 6. The van der Waals surface area contributed by atoms with E-state index in [0.717, 1.165) is 75.4 Å². The van der Waals surface area contributed by atoms with Crippen LogP contribution in [0, 0.1) is 0 Å². The summed E-state index contributed by atoms with van der Waals surface area (Å²) in [6.07, 6.45) is 7.89. The number of anilines is 2. The zero-order valence-electron chi connectivity index (χ0n) is 25.5. The van der Waals surface area contributed by atoms with E-state index in [9.17, 15) is 9.59 Å². The predicted octanol–water partition coefficient (Wildman–Crippen LogP) is 3.94. The fourth-order valence-corrected chi connectivity index (χ4v) is 8.59. The van der Waals surface area contributed by atoms with Gasteiger partial charge in [-0.25, -0.2) is 4.79 Å². The molecule has 5 aliphatic rings. The lowest BCUT2D eigenvalue weighted by molar-refractivity contribution is -0.124. The number of benzene rings is 2. The van der Waals surface area contributed by atoms with Crippen LogP contribution in [-0.4, -0.2) is 77.2 Å². The van der Waals surface area contributed by atoms with E-state index in [0.29, 0.717) is 32.1 Å². The van der Waals surface area contributed by atoms with Crippen molar-refractivity contribution in [3.05, 3.63) is 53.2 Å². The molecule has 10 nitrogen and oxygen atoms in total. The van der Waals surface area contributed by atoms with Gasteiger partial charge in [-0.15, -0.1) is 0 Å². The van der Waals surface area contributed by atoms with E-state index in [4.69, 9.17) is 14.7 Å². The molecule has 10 heteroatoms. The van der Waals surface area contributed by atoms with E-state index in [-0.39, 0.29) is 11.4 Å². The summed E-state index contributed by atoms with van der Waals surface area (Å²) in [7, 11) is 0. The second-order valence-corrected chi connectivity index (χ2v) is 13.3. The molecule has 8 rings (SSSR count). The number of nitrogens with one attached hydrogen (secondary N) is 2. The van der Waals surface area contributed by atoms with Crippen molar-refractivity contribution in [2.45, 2.75) is 75.9 Å². The fourth-order valence-electron chi connectivity index (χ4n) is 8.59. The normalized spacial score (nSPS) is 24.5. The second-order valence-electron chi connectivity index (χ2n) is 13.3. The number of nitrogens with zero attached hydrogens (tertiary/aromatic N) is 5. The quantitative estimate of drug-likeness (QED) is 0.414. The Morgan fingerprint density at radius 1 is 0.932 bits per heavy atom. The van der Waals surface area contributed by atoms with Crippen LogP contribution in [-0.2, 0) is 24.2 Å². The van der Waals surface area contributed by atoms with Gasteiger partial charge in [0, 0.05) is 29.7 Å². The van der Waals surface area contributed by atoms with Gasteiger partial charge >= 0.3 is 12.0 Å². The lowest BCUT2D eigenvalue weighted by atomic mass is 9.88. The fraction of sp³-hybridized carbons (Fsp3) is 0.529. The number of aryl methyl sites for hydroxylation is 1. The van der Waals surface area contributed by atoms with Crippen LogP contribution in [0.3, 0.4) is 0 Å². The van der Waals surface area contributed by atoms with Crippen LogP contribution in [0.5, 0.6) is 6.01 Å². The minimum absolute atomic E-state index is 0.0897. The van der Waals surface area contributed by atoms with Gasteiger partial charge in [0.05, 0.1) is 24.3 Å². The van der Waals surface area contributed by atoms with Gasteiger partial charge in [0.2, 0.25) is 0 Å². The van der Waals surface area contributed by atoms with E-state index >= 15 is 0 Å². The summed E-state index contributed by atoms with van der Waals surface area (Å²) in [5.41, 5.74) is 3.85. The second kappa shape index (κ2) is 10.6. The molecule has 4 saturated heterocycles. The van der Waals surface area contributed by atoms with Gasteiger partial charge in [-0.2, -0.15) is 9.97 Å². The average molecular weight is 596 g/mol. The molecular formula is C34H41N7O3. The average Bonchev–Trinajstić information content (AvgIpc) is 3.70. The monoisotopic (exact) mass is 595 g/mol. The molecule has 1 atom stereocenters. The molecule has 4 fully saturated rings. The van der Waals surface area contributed by atoms with E-state index in [1.807, 2.05) is 0 Å². The molecule has 0 radical (unpaired) electrons. The van der Waals surface area contributed by atoms with E-state index in [1.54, 1.807) is 0 Å². The number of hydrogen-bond acceptors (Lipinski definition) is 8. The number of urea groups is 1. The van der Waals surface area contributed by atoms with Gasteiger partial charge in [0.15, 0.2) is 0 Å². The maximum atomic E-state index is 12.9. The highest BCUT2D eigenvalue weighted by Crippen LogP contribution is 2.40. The third-order valence-electron chi connectivity index (χ3n) is 10.8. The molecule has 0 saturated carbocycles. The zero-order chi connectivity index (χ0) is 29.9. The molecule has 0 bridgehead atoms. The van der Waals surface area contributed by atoms with E-state index in [2.05, 4.69) is 68.7 Å². The van der Waals surface area contributed by atoms with E-state index in [1.165, 1.54) is 34.9 Å². The van der Waals surface area contributed by atoms with Crippen molar-refractivity contribution in [1.29, 1.82) is 0 Å². The molecule has 2 aromatic carbocycles. The summed E-state index contributed by atoms with van der Waals surface area (Å²) in [6.45, 7) is 7.75. The van der Waals surface area contributed by atoms with Crippen molar-refractivity contribution in [3.63, 3.8) is 0 Å². The summed E-state index contributed by atoms with van der Waals surface area (Å²) in [5, 5.41) is 7.96. The zero-order valence-corrected chi connectivity index (χ0v) is 25.5.